The van der Waals surface area contributed by atoms with Crippen molar-refractivity contribution in [2.75, 3.05) is 0 Å². The van der Waals surface area contributed by atoms with Crippen LogP contribution in [0.5, 0.6) is 0 Å². The molecule has 0 aliphatic carbocycles. The predicted molar refractivity (Wildman–Crippen MR) is 66.8 cm³/mol. The Labute approximate surface area is 99.8 Å². The molecule has 0 radical (unpaired) electrons. The Balaban J connectivity index is 2.14. The second-order valence-electron chi connectivity index (χ2n) is 4.68. The van der Waals surface area contributed by atoms with Gasteiger partial charge in [0.1, 0.15) is 5.82 Å². The molecule has 1 aliphatic rings. The van der Waals surface area contributed by atoms with Gasteiger partial charge in [-0.3, -0.25) is 9.36 Å². The summed E-state index contributed by atoms with van der Waals surface area (Å²) in [6, 6.07) is 11.5. The highest BCUT2D eigenvalue weighted by molar-refractivity contribution is 5.58. The van der Waals surface area contributed by atoms with E-state index in [0.29, 0.717) is 5.92 Å². The zero-order valence-corrected chi connectivity index (χ0v) is 9.76. The van der Waals surface area contributed by atoms with Gasteiger partial charge in [0.05, 0.1) is 5.69 Å². The van der Waals surface area contributed by atoms with E-state index in [1.54, 1.807) is 10.6 Å². The van der Waals surface area contributed by atoms with Crippen LogP contribution >= 0.6 is 0 Å². The molecule has 2 aromatic rings. The summed E-state index contributed by atoms with van der Waals surface area (Å²) in [6.07, 6.45) is 0.899. The first kappa shape index (κ1) is 10.3. The molecule has 0 unspecified atom stereocenters. The maximum absolute atomic E-state index is 12.0. The maximum atomic E-state index is 12.0. The zero-order chi connectivity index (χ0) is 11.8. The number of benzene rings is 1. The van der Waals surface area contributed by atoms with Crippen molar-refractivity contribution in [3.05, 3.63) is 52.6 Å². The fourth-order valence-electron chi connectivity index (χ4n) is 2.35. The van der Waals surface area contributed by atoms with E-state index in [0.717, 1.165) is 30.0 Å². The number of nitrogens with zero attached hydrogens (tertiary/aromatic N) is 2. The van der Waals surface area contributed by atoms with Crippen LogP contribution in [0.4, 0.5) is 0 Å². The molecule has 1 aromatic heterocycles. The largest absolute Gasteiger partial charge is 0.296 e. The van der Waals surface area contributed by atoms with Crippen molar-refractivity contribution in [1.29, 1.82) is 0 Å². The first-order valence-electron chi connectivity index (χ1n) is 5.90. The monoisotopic (exact) mass is 226 g/mol. The molecular weight excluding hydrogens is 212 g/mol. The second-order valence-corrected chi connectivity index (χ2v) is 4.68. The molecule has 0 bridgehead atoms. The Hall–Kier alpha value is -1.90. The molecule has 0 N–H and O–H groups in total. The highest BCUT2D eigenvalue weighted by Crippen LogP contribution is 2.20. The Morgan fingerprint density at radius 3 is 2.82 bits per heavy atom. The van der Waals surface area contributed by atoms with Gasteiger partial charge in [-0.15, -0.1) is 0 Å². The van der Waals surface area contributed by atoms with E-state index in [1.807, 2.05) is 30.3 Å². The van der Waals surface area contributed by atoms with Crippen LogP contribution in [0.3, 0.4) is 0 Å². The lowest BCUT2D eigenvalue weighted by molar-refractivity contribution is 0.557. The van der Waals surface area contributed by atoms with Crippen molar-refractivity contribution < 1.29 is 0 Å². The van der Waals surface area contributed by atoms with Gasteiger partial charge in [0, 0.05) is 24.6 Å². The molecule has 2 heterocycles. The smallest absolute Gasteiger partial charge is 0.254 e. The van der Waals surface area contributed by atoms with Gasteiger partial charge in [-0.05, 0) is 5.92 Å². The van der Waals surface area contributed by atoms with Crippen LogP contribution in [0.2, 0.25) is 0 Å². The van der Waals surface area contributed by atoms with Crippen LogP contribution in [-0.4, -0.2) is 9.55 Å². The molecule has 3 heteroatoms. The van der Waals surface area contributed by atoms with Crippen LogP contribution < -0.4 is 5.56 Å². The van der Waals surface area contributed by atoms with E-state index in [-0.39, 0.29) is 5.56 Å². The molecule has 0 amide bonds. The minimum atomic E-state index is 0.0678. The molecule has 3 nitrogen and oxygen atoms in total. The zero-order valence-electron chi connectivity index (χ0n) is 9.76. The summed E-state index contributed by atoms with van der Waals surface area (Å²) in [6.45, 7) is 2.95. The maximum Gasteiger partial charge on any atom is 0.254 e. The van der Waals surface area contributed by atoms with Crippen molar-refractivity contribution in [2.45, 2.75) is 19.9 Å². The van der Waals surface area contributed by atoms with E-state index in [9.17, 15) is 4.79 Å². The fourth-order valence-corrected chi connectivity index (χ4v) is 2.35. The lowest BCUT2D eigenvalue weighted by Crippen LogP contribution is -2.20. The van der Waals surface area contributed by atoms with E-state index in [1.165, 1.54) is 0 Å². The van der Waals surface area contributed by atoms with Gasteiger partial charge in [0.15, 0.2) is 0 Å². The van der Waals surface area contributed by atoms with Crippen molar-refractivity contribution in [2.24, 2.45) is 5.92 Å². The number of aromatic nitrogens is 2. The average Bonchev–Trinajstić information content (AvgIpc) is 2.71. The Morgan fingerprint density at radius 1 is 1.29 bits per heavy atom. The molecule has 3 rings (SSSR count). The molecule has 17 heavy (non-hydrogen) atoms. The van der Waals surface area contributed by atoms with Crippen LogP contribution in [-0.2, 0) is 13.0 Å². The number of fused-ring (bicyclic) bond motifs is 1. The number of hydrogen-bond acceptors (Lipinski definition) is 2. The first-order valence-corrected chi connectivity index (χ1v) is 5.90. The highest BCUT2D eigenvalue weighted by atomic mass is 16.1. The van der Waals surface area contributed by atoms with Crippen molar-refractivity contribution in [1.82, 2.24) is 9.55 Å². The van der Waals surface area contributed by atoms with Crippen LogP contribution in [0.25, 0.3) is 11.3 Å². The van der Waals surface area contributed by atoms with Crippen molar-refractivity contribution >= 4 is 0 Å². The van der Waals surface area contributed by atoms with E-state index >= 15 is 0 Å². The van der Waals surface area contributed by atoms with Gasteiger partial charge < -0.3 is 0 Å². The summed E-state index contributed by atoms with van der Waals surface area (Å²) in [5.41, 5.74) is 1.86. The third-order valence-electron chi connectivity index (χ3n) is 3.18. The summed E-state index contributed by atoms with van der Waals surface area (Å²) in [5, 5.41) is 0. The summed E-state index contributed by atoms with van der Waals surface area (Å²) in [4.78, 5) is 16.6. The molecule has 0 fully saturated rings. The van der Waals surface area contributed by atoms with Gasteiger partial charge in [-0.1, -0.05) is 37.3 Å². The first-order chi connectivity index (χ1) is 8.24. The fraction of sp³-hybridized carbons (Fsp3) is 0.286. The normalized spacial score (nSPS) is 18.1. The third-order valence-corrected chi connectivity index (χ3v) is 3.18. The molecule has 0 saturated carbocycles. The number of rotatable bonds is 1. The topological polar surface area (TPSA) is 34.9 Å². The van der Waals surface area contributed by atoms with Crippen molar-refractivity contribution in [3.8, 4) is 11.3 Å². The van der Waals surface area contributed by atoms with Crippen LogP contribution in [0.15, 0.2) is 41.2 Å². The van der Waals surface area contributed by atoms with E-state index in [4.69, 9.17) is 0 Å². The van der Waals surface area contributed by atoms with E-state index in [2.05, 4.69) is 11.9 Å². The summed E-state index contributed by atoms with van der Waals surface area (Å²) in [7, 11) is 0. The molecule has 1 aliphatic heterocycles. The molecular formula is C14H14N2O. The minimum Gasteiger partial charge on any atom is -0.296 e. The second kappa shape index (κ2) is 3.84. The lowest BCUT2D eigenvalue weighted by Gasteiger charge is -2.05. The van der Waals surface area contributed by atoms with Crippen LogP contribution in [0.1, 0.15) is 12.7 Å². The number of hydrogen-bond donors (Lipinski definition) is 0. The van der Waals surface area contributed by atoms with E-state index < -0.39 is 0 Å². The summed E-state index contributed by atoms with van der Waals surface area (Å²) >= 11 is 0. The molecule has 86 valence electrons. The van der Waals surface area contributed by atoms with Gasteiger partial charge in [0.2, 0.25) is 0 Å². The van der Waals surface area contributed by atoms with Gasteiger partial charge in [-0.2, -0.15) is 0 Å². The Morgan fingerprint density at radius 2 is 2.06 bits per heavy atom. The summed E-state index contributed by atoms with van der Waals surface area (Å²) < 4.78 is 1.79. The Kier molecular flexibility index (Phi) is 2.32. The minimum absolute atomic E-state index is 0.0678. The SMILES string of the molecule is C[C@H]1Cc2nc(-c3ccccc3)cc(=O)n2C1. The molecule has 1 aromatic carbocycles. The van der Waals surface area contributed by atoms with Crippen LogP contribution in [0, 0.1) is 5.92 Å². The van der Waals surface area contributed by atoms with Gasteiger partial charge in [-0.25, -0.2) is 4.98 Å². The lowest BCUT2D eigenvalue weighted by atomic mass is 10.1. The summed E-state index contributed by atoms with van der Waals surface area (Å²) in [5.74, 6) is 1.44. The van der Waals surface area contributed by atoms with Gasteiger partial charge in [0.25, 0.3) is 5.56 Å². The highest BCUT2D eigenvalue weighted by Gasteiger charge is 2.20. The quantitative estimate of drug-likeness (QED) is 0.746. The average molecular weight is 226 g/mol. The predicted octanol–water partition coefficient (Wildman–Crippen LogP) is 2.10. The van der Waals surface area contributed by atoms with Gasteiger partial charge >= 0.3 is 0 Å². The molecule has 1 atom stereocenters. The van der Waals surface area contributed by atoms with Crippen molar-refractivity contribution in [3.63, 3.8) is 0 Å². The third kappa shape index (κ3) is 1.78. The standard InChI is InChI=1S/C14H14N2O/c1-10-7-13-15-12(8-14(17)16(13)9-10)11-5-3-2-4-6-11/h2-6,8,10H,7,9H2,1H3/t10-/m0/s1. The molecule has 0 saturated heterocycles. The molecule has 0 spiro atoms. The Bertz CT molecular complexity index is 601.